The van der Waals surface area contributed by atoms with Crippen molar-refractivity contribution < 1.29 is 0 Å². The Morgan fingerprint density at radius 3 is 0.977 bits per heavy atom. The zero-order chi connectivity index (χ0) is 62.0. The molecule has 0 amide bonds. The first-order valence-electron chi connectivity index (χ1n) is 31.2. The molecule has 0 unspecified atom stereocenters. The Hall–Kier alpha value is -9.84. The van der Waals surface area contributed by atoms with Crippen molar-refractivity contribution in [2.75, 3.05) is 0 Å². The van der Waals surface area contributed by atoms with E-state index in [0.29, 0.717) is 0 Å². The smallest absolute Gasteiger partial charge is 0.0769 e. The summed E-state index contributed by atoms with van der Waals surface area (Å²) in [7, 11) is 0. The van der Waals surface area contributed by atoms with E-state index in [0.717, 1.165) is 126 Å². The van der Waals surface area contributed by atoms with Crippen LogP contribution in [-0.2, 0) is 23.7 Å². The van der Waals surface area contributed by atoms with Gasteiger partial charge in [0.15, 0.2) is 0 Å². The van der Waals surface area contributed by atoms with Crippen molar-refractivity contribution in [2.45, 2.75) is 133 Å². The van der Waals surface area contributed by atoms with Gasteiger partial charge in [-0.2, -0.15) is 0 Å². The van der Waals surface area contributed by atoms with E-state index in [1.807, 2.05) is 103 Å². The Morgan fingerprint density at radius 1 is 0.352 bits per heavy atom. The first-order valence-corrected chi connectivity index (χ1v) is 31.2. The molecule has 88 heavy (non-hydrogen) atoms. The molecule has 0 fully saturated rings. The molecule has 0 aliphatic carbocycles. The van der Waals surface area contributed by atoms with Gasteiger partial charge < -0.3 is 9.97 Å². The van der Waals surface area contributed by atoms with E-state index in [1.54, 1.807) is 0 Å². The number of aromatic nitrogens is 4. The van der Waals surface area contributed by atoms with Gasteiger partial charge in [0, 0.05) is 66.7 Å². The summed E-state index contributed by atoms with van der Waals surface area (Å²) >= 11 is 0. The van der Waals surface area contributed by atoms with E-state index in [4.69, 9.17) is 9.97 Å². The number of hydrogen-bond donors (Lipinski definition) is 2. The molecule has 0 spiro atoms. The maximum absolute atomic E-state index is 5.69. The summed E-state index contributed by atoms with van der Waals surface area (Å²) in [5, 5.41) is 0. The first-order chi connectivity index (χ1) is 42.3. The Morgan fingerprint density at radius 2 is 0.670 bits per heavy atom. The summed E-state index contributed by atoms with van der Waals surface area (Å²) in [6, 6.07) is 54.9. The predicted octanol–water partition coefficient (Wildman–Crippen LogP) is 20.3. The second-order valence-corrected chi connectivity index (χ2v) is 25.4. The quantitative estimate of drug-likeness (QED) is 0.163. The van der Waals surface area contributed by atoms with Crippen molar-refractivity contribution in [3.8, 4) is 69.6 Å². The maximum Gasteiger partial charge on any atom is 0.0769 e. The summed E-state index contributed by atoms with van der Waals surface area (Å²) in [6.07, 6.45) is 3.43. The molecule has 4 nitrogen and oxygen atoms in total. The van der Waals surface area contributed by atoms with Crippen molar-refractivity contribution in [2.24, 2.45) is 0 Å². The normalized spacial score (nSPS) is 12.2. The van der Waals surface area contributed by atoms with Gasteiger partial charge >= 0.3 is 0 Å². The molecule has 11 rings (SSSR count). The van der Waals surface area contributed by atoms with Gasteiger partial charge in [-0.3, -0.25) is 0 Å². The average Bonchev–Trinajstić information content (AvgIpc) is 1.68. The molecule has 0 radical (unpaired) electrons. The number of benzene rings is 6. The van der Waals surface area contributed by atoms with E-state index in [9.17, 15) is 0 Å². The van der Waals surface area contributed by atoms with Crippen LogP contribution >= 0.6 is 0 Å². The van der Waals surface area contributed by atoms with Crippen LogP contribution in [0.5, 0.6) is 0 Å². The van der Waals surface area contributed by atoms with Gasteiger partial charge in [0.05, 0.1) is 33.8 Å². The van der Waals surface area contributed by atoms with Gasteiger partial charge in [-0.1, -0.05) is 165 Å². The zero-order valence-electron chi connectivity index (χ0n) is 53.7. The Labute approximate surface area is 522 Å². The highest BCUT2D eigenvalue weighted by molar-refractivity contribution is 6.03. The lowest BCUT2D eigenvalue weighted by molar-refractivity contribution is 0.569. The molecule has 434 valence electrons. The summed E-state index contributed by atoms with van der Waals surface area (Å²) in [5.74, 6) is 26.5. The summed E-state index contributed by atoms with van der Waals surface area (Å²) < 4.78 is 0. The van der Waals surface area contributed by atoms with E-state index in [-0.39, 0.29) is 10.8 Å². The number of allylic oxidation sites excluding steroid dienone is 4. The van der Waals surface area contributed by atoms with Crippen LogP contribution in [0.2, 0.25) is 0 Å². The highest BCUT2D eigenvalue weighted by Crippen LogP contribution is 2.45. The molecule has 5 heterocycles. The molecule has 8 bridgehead atoms. The van der Waals surface area contributed by atoms with Gasteiger partial charge in [0.25, 0.3) is 0 Å². The number of fused-ring (bicyclic) bond motifs is 8. The molecule has 0 saturated heterocycles. The minimum atomic E-state index is -0.0560. The lowest BCUT2D eigenvalue weighted by Crippen LogP contribution is -2.16. The van der Waals surface area contributed by atoms with E-state index < -0.39 is 0 Å². The molecular weight excluding hydrogens is 1060 g/mol. The Kier molecular flexibility index (Phi) is 16.9. The maximum atomic E-state index is 5.69. The van der Waals surface area contributed by atoms with Crippen LogP contribution in [-0.4, -0.2) is 19.9 Å². The third-order valence-electron chi connectivity index (χ3n) is 17.4. The number of hydrogen-bond acceptors (Lipinski definition) is 2. The highest BCUT2D eigenvalue weighted by atomic mass is 14.8. The standard InChI is InChI=1S/C84H78N4/c1-15-69-53(5)79-77(65-46-44-64(45-47-65)43-42-63-40-38-62(39-41-63)37-36-61-34-32-60(33-35-61)31-30-59-28-26-58(27-29-59)25-24-57-22-20-19-21-23-57)80-54(6)70(16-2)74(86-80)52-76-72(18-4)56(8)82(88-76)78(81-55(7)71(17-3)75(87-81)51-73(69)85-79)66-48-67(83(9,10)11)50-68(49-66)84(12,13)14/h19-23,26-29,32-35,38-41,44-52,87-88H,15-18H2,1-14H3. The Balaban J connectivity index is 0.939. The van der Waals surface area contributed by atoms with Crippen molar-refractivity contribution in [3.05, 3.63) is 258 Å². The number of rotatable bonds is 6. The fraction of sp³-hybridized carbons (Fsp3) is 0.238. The molecule has 2 N–H and O–H groups in total. The molecule has 2 aliphatic rings. The molecule has 3 aromatic heterocycles. The minimum absolute atomic E-state index is 0.0560. The van der Waals surface area contributed by atoms with E-state index in [2.05, 4.69) is 209 Å². The van der Waals surface area contributed by atoms with Gasteiger partial charge in [-0.25, -0.2) is 9.97 Å². The van der Waals surface area contributed by atoms with Crippen LogP contribution in [0.15, 0.2) is 158 Å². The number of H-pyrrole nitrogens is 2. The van der Waals surface area contributed by atoms with Crippen molar-refractivity contribution >= 4 is 44.4 Å². The third-order valence-corrected chi connectivity index (χ3v) is 17.4. The van der Waals surface area contributed by atoms with Crippen LogP contribution in [0.3, 0.4) is 0 Å². The summed E-state index contributed by atoms with van der Waals surface area (Å²) in [6.45, 7) is 32.1. The molecule has 2 aliphatic heterocycles. The second-order valence-electron chi connectivity index (χ2n) is 25.4. The van der Waals surface area contributed by atoms with Gasteiger partial charge in [0.2, 0.25) is 0 Å². The monoisotopic (exact) mass is 1140 g/mol. The molecular formula is C84H78N4. The largest absolute Gasteiger partial charge is 0.354 e. The fourth-order valence-corrected chi connectivity index (χ4v) is 12.2. The predicted molar refractivity (Wildman–Crippen MR) is 373 cm³/mol. The summed E-state index contributed by atoms with van der Waals surface area (Å²) in [5.41, 5.74) is 33.0. The van der Waals surface area contributed by atoms with Crippen molar-refractivity contribution in [3.63, 3.8) is 0 Å². The zero-order valence-corrected chi connectivity index (χ0v) is 53.7. The molecule has 6 aromatic carbocycles. The number of nitrogens with zero attached hydrogens (tertiary/aromatic N) is 2. The van der Waals surface area contributed by atoms with E-state index >= 15 is 0 Å². The van der Waals surface area contributed by atoms with Gasteiger partial charge in [-0.15, -0.1) is 0 Å². The third kappa shape index (κ3) is 12.4. The summed E-state index contributed by atoms with van der Waals surface area (Å²) in [4.78, 5) is 19.6. The van der Waals surface area contributed by atoms with Crippen LogP contribution in [0.25, 0.3) is 66.6 Å². The lowest BCUT2D eigenvalue weighted by atomic mass is 9.78. The SMILES string of the molecule is CCC1=C(C)c2nc1cc1[nH]c(c(C)c1CC)c(-c1cc(C(C)(C)C)cc(C(C)(C)C)c1)c1[nH]c(cc3nc(c2-c2ccc(C#Cc4ccc(C#Cc5ccc(C#Cc6ccc(C#Cc7ccccc7)cc6)cc5)cc4)cc2)C(C)=C3CC)c(CC)c1C. The number of aryl methyl sites for hydroxylation is 4. The van der Waals surface area contributed by atoms with E-state index in [1.165, 1.54) is 66.8 Å². The fourth-order valence-electron chi connectivity index (χ4n) is 12.2. The molecule has 4 heteroatoms. The van der Waals surface area contributed by atoms with Crippen LogP contribution in [0.4, 0.5) is 0 Å². The second kappa shape index (κ2) is 24.9. The van der Waals surface area contributed by atoms with Gasteiger partial charge in [0.1, 0.15) is 0 Å². The average molecular weight is 1140 g/mol. The number of nitrogens with one attached hydrogen (secondary N) is 2. The molecule has 0 atom stereocenters. The number of aromatic amines is 2. The van der Waals surface area contributed by atoms with Crippen LogP contribution in [0.1, 0.15) is 197 Å². The Bertz CT molecular complexity index is 4570. The highest BCUT2D eigenvalue weighted by Gasteiger charge is 2.28. The first kappa shape index (κ1) is 59.9. The van der Waals surface area contributed by atoms with Crippen LogP contribution in [0, 0.1) is 61.2 Å². The topological polar surface area (TPSA) is 57.4 Å². The lowest BCUT2D eigenvalue weighted by Gasteiger charge is -2.26. The van der Waals surface area contributed by atoms with Crippen molar-refractivity contribution in [1.82, 2.24) is 19.9 Å². The minimum Gasteiger partial charge on any atom is -0.354 e. The van der Waals surface area contributed by atoms with Gasteiger partial charge in [-0.05, 0) is 240 Å². The molecule has 0 saturated carbocycles. The van der Waals surface area contributed by atoms with Crippen molar-refractivity contribution in [1.29, 1.82) is 0 Å². The molecule has 9 aromatic rings. The van der Waals surface area contributed by atoms with Crippen LogP contribution < -0.4 is 0 Å².